The third-order valence-corrected chi connectivity index (χ3v) is 1.98. The average molecular weight is 291 g/mol. The quantitative estimate of drug-likeness (QED) is 0.587. The van der Waals surface area contributed by atoms with Gasteiger partial charge in [-0.3, -0.25) is 0 Å². The fourth-order valence-electron chi connectivity index (χ4n) is 0.673. The van der Waals surface area contributed by atoms with E-state index in [1.807, 2.05) is 22.6 Å². The highest BCUT2D eigenvalue weighted by Crippen LogP contribution is 2.30. The van der Waals surface area contributed by atoms with Crippen molar-refractivity contribution in [3.8, 4) is 0 Å². The monoisotopic (exact) mass is 291 g/mol. The van der Waals surface area contributed by atoms with Crippen LogP contribution in [0.4, 0.5) is 13.2 Å². The number of hydrogen-bond donors (Lipinski definition) is 0. The Morgan fingerprint density at radius 3 is 2.33 bits per heavy atom. The maximum absolute atomic E-state index is 12.0. The molecule has 0 atom stereocenters. The Kier molecular flexibility index (Phi) is 2.64. The van der Waals surface area contributed by atoms with Crippen molar-refractivity contribution in [1.29, 1.82) is 0 Å². The summed E-state index contributed by atoms with van der Waals surface area (Å²) in [6.07, 6.45) is -4.48. The lowest BCUT2D eigenvalue weighted by Gasteiger charge is -1.97. The van der Waals surface area contributed by atoms with Gasteiger partial charge in [0, 0.05) is 4.43 Å². The van der Waals surface area contributed by atoms with Gasteiger partial charge >= 0.3 is 12.1 Å². The van der Waals surface area contributed by atoms with Gasteiger partial charge in [0.2, 0.25) is 0 Å². The lowest BCUT2D eigenvalue weighted by molar-refractivity contribution is -0.157. The van der Waals surface area contributed by atoms with E-state index in [-0.39, 0.29) is 5.76 Å². The van der Waals surface area contributed by atoms with Gasteiger partial charge in [0.15, 0.2) is 0 Å². The van der Waals surface area contributed by atoms with Gasteiger partial charge in [0.05, 0.1) is 5.69 Å². The van der Waals surface area contributed by atoms with Crippen LogP contribution < -0.4 is 0 Å². The molecule has 0 aliphatic heterocycles. The molecule has 0 spiro atoms. The van der Waals surface area contributed by atoms with Crippen LogP contribution in [-0.4, -0.2) is 4.98 Å². The first-order valence-corrected chi connectivity index (χ1v) is 4.57. The van der Waals surface area contributed by atoms with Gasteiger partial charge < -0.3 is 4.42 Å². The Bertz CT molecular complexity index is 281. The van der Waals surface area contributed by atoms with Crippen LogP contribution in [0.2, 0.25) is 0 Å². The molecule has 0 saturated carbocycles. The molecule has 0 radical (unpaired) electrons. The Morgan fingerprint density at radius 1 is 1.50 bits per heavy atom. The molecule has 0 aromatic carbocycles. The molecular formula is C6H5F3INO. The topological polar surface area (TPSA) is 26.0 Å². The van der Waals surface area contributed by atoms with Gasteiger partial charge in [-0.1, -0.05) is 22.6 Å². The summed E-state index contributed by atoms with van der Waals surface area (Å²) in [6.45, 7) is 1.47. The lowest BCUT2D eigenvalue weighted by atomic mass is 10.4. The number of alkyl halides is 4. The highest BCUT2D eigenvalue weighted by molar-refractivity contribution is 14.1. The second-order valence-electron chi connectivity index (χ2n) is 2.15. The molecule has 6 heteroatoms. The predicted octanol–water partition coefficient (Wildman–Crippen LogP) is 2.94. The van der Waals surface area contributed by atoms with Crippen LogP contribution in [0.3, 0.4) is 0 Å². The van der Waals surface area contributed by atoms with Crippen molar-refractivity contribution in [1.82, 2.24) is 4.98 Å². The Hall–Kier alpha value is -0.270. The number of halogens is 4. The fraction of sp³-hybridized carbons (Fsp3) is 0.500. The fourth-order valence-corrected chi connectivity index (χ4v) is 1.38. The van der Waals surface area contributed by atoms with E-state index in [1.54, 1.807) is 0 Å². The molecule has 1 heterocycles. The number of aromatic nitrogens is 1. The smallest absolute Gasteiger partial charge is 0.438 e. The van der Waals surface area contributed by atoms with Gasteiger partial charge in [-0.25, -0.2) is 4.98 Å². The van der Waals surface area contributed by atoms with Crippen molar-refractivity contribution < 1.29 is 17.6 Å². The Balaban J connectivity index is 3.05. The first kappa shape index (κ1) is 9.82. The SMILES string of the molecule is Cc1oc(C(F)(F)F)nc1CI. The van der Waals surface area contributed by atoms with Gasteiger partial charge in [0.1, 0.15) is 5.76 Å². The van der Waals surface area contributed by atoms with Gasteiger partial charge in [0.25, 0.3) is 0 Å². The van der Waals surface area contributed by atoms with Crippen LogP contribution in [0.5, 0.6) is 0 Å². The summed E-state index contributed by atoms with van der Waals surface area (Å²) in [5.74, 6) is -0.927. The van der Waals surface area contributed by atoms with E-state index in [1.165, 1.54) is 6.92 Å². The second kappa shape index (κ2) is 3.23. The number of oxazole rings is 1. The summed E-state index contributed by atoms with van der Waals surface area (Å²) < 4.78 is 40.7. The molecule has 68 valence electrons. The van der Waals surface area contributed by atoms with Crippen LogP contribution in [-0.2, 0) is 10.6 Å². The van der Waals surface area contributed by atoms with Gasteiger partial charge in [-0.2, -0.15) is 13.2 Å². The molecule has 1 aromatic rings. The molecule has 0 bridgehead atoms. The van der Waals surface area contributed by atoms with E-state index in [4.69, 9.17) is 0 Å². The zero-order chi connectivity index (χ0) is 9.35. The third kappa shape index (κ3) is 1.90. The summed E-state index contributed by atoms with van der Waals surface area (Å²) in [4.78, 5) is 3.30. The molecule has 1 aromatic heterocycles. The normalized spacial score (nSPS) is 12.1. The van der Waals surface area contributed by atoms with Crippen molar-refractivity contribution in [3.63, 3.8) is 0 Å². The second-order valence-corrected chi connectivity index (χ2v) is 2.92. The molecule has 0 saturated heterocycles. The van der Waals surface area contributed by atoms with Crippen molar-refractivity contribution in [2.45, 2.75) is 17.5 Å². The Labute approximate surface area is 80.3 Å². The van der Waals surface area contributed by atoms with E-state index in [0.29, 0.717) is 10.1 Å². The van der Waals surface area contributed by atoms with Crippen LogP contribution in [0.15, 0.2) is 4.42 Å². The average Bonchev–Trinajstić information content (AvgIpc) is 2.29. The molecule has 0 unspecified atom stereocenters. The molecule has 2 nitrogen and oxygen atoms in total. The van der Waals surface area contributed by atoms with E-state index >= 15 is 0 Å². The van der Waals surface area contributed by atoms with Crippen molar-refractivity contribution in [2.24, 2.45) is 0 Å². The minimum Gasteiger partial charge on any atom is -0.438 e. The number of hydrogen-bond acceptors (Lipinski definition) is 2. The minimum atomic E-state index is -4.48. The van der Waals surface area contributed by atoms with Crippen molar-refractivity contribution in [3.05, 3.63) is 17.3 Å². The molecule has 0 aliphatic carbocycles. The summed E-state index contributed by atoms with van der Waals surface area (Å²) in [5, 5.41) is 0. The van der Waals surface area contributed by atoms with Crippen molar-refractivity contribution >= 4 is 22.6 Å². The Morgan fingerprint density at radius 2 is 2.08 bits per heavy atom. The predicted molar refractivity (Wildman–Crippen MR) is 44.0 cm³/mol. The van der Waals surface area contributed by atoms with E-state index in [0.717, 1.165) is 0 Å². The summed E-state index contributed by atoms with van der Waals surface area (Å²) in [5.41, 5.74) is 0.350. The van der Waals surface area contributed by atoms with E-state index < -0.39 is 12.1 Å². The first-order valence-electron chi connectivity index (χ1n) is 3.04. The number of rotatable bonds is 1. The standard InChI is InChI=1S/C6H5F3INO/c1-3-4(2-10)11-5(12-3)6(7,8)9/h2H2,1H3. The zero-order valence-corrected chi connectivity index (χ0v) is 8.23. The van der Waals surface area contributed by atoms with Gasteiger partial charge in [-0.05, 0) is 6.92 Å². The highest BCUT2D eigenvalue weighted by atomic mass is 127. The summed E-state index contributed by atoms with van der Waals surface area (Å²) in [7, 11) is 0. The zero-order valence-electron chi connectivity index (χ0n) is 6.07. The number of aryl methyl sites for hydroxylation is 1. The van der Waals surface area contributed by atoms with E-state index in [2.05, 4.69) is 9.40 Å². The maximum atomic E-state index is 12.0. The third-order valence-electron chi connectivity index (χ3n) is 1.26. The lowest BCUT2D eigenvalue weighted by Crippen LogP contribution is -2.04. The minimum absolute atomic E-state index is 0.233. The number of nitrogens with zero attached hydrogens (tertiary/aromatic N) is 1. The maximum Gasteiger partial charge on any atom is 0.468 e. The molecule has 0 amide bonds. The summed E-state index contributed by atoms with van der Waals surface area (Å²) >= 11 is 1.93. The van der Waals surface area contributed by atoms with Crippen molar-refractivity contribution in [2.75, 3.05) is 0 Å². The van der Waals surface area contributed by atoms with Gasteiger partial charge in [-0.15, -0.1) is 0 Å². The van der Waals surface area contributed by atoms with Crippen LogP contribution in [0, 0.1) is 6.92 Å². The molecule has 1 rings (SSSR count). The molecular weight excluding hydrogens is 286 g/mol. The first-order chi connectivity index (χ1) is 5.45. The van der Waals surface area contributed by atoms with E-state index in [9.17, 15) is 13.2 Å². The van der Waals surface area contributed by atoms with Crippen LogP contribution in [0.25, 0.3) is 0 Å². The molecule has 12 heavy (non-hydrogen) atoms. The molecule has 0 fully saturated rings. The molecule has 0 N–H and O–H groups in total. The largest absolute Gasteiger partial charge is 0.468 e. The van der Waals surface area contributed by atoms with Crippen LogP contribution >= 0.6 is 22.6 Å². The molecule has 0 aliphatic rings. The van der Waals surface area contributed by atoms with Crippen LogP contribution in [0.1, 0.15) is 17.3 Å². The summed E-state index contributed by atoms with van der Waals surface area (Å²) in [6, 6.07) is 0. The highest BCUT2D eigenvalue weighted by Gasteiger charge is 2.37.